The van der Waals surface area contributed by atoms with Gasteiger partial charge >= 0.3 is 5.97 Å². The first-order chi connectivity index (χ1) is 18.6. The molecule has 0 aliphatic heterocycles. The van der Waals surface area contributed by atoms with Gasteiger partial charge in [-0.25, -0.2) is 9.78 Å². The first-order valence-corrected chi connectivity index (χ1v) is 14.3. The maximum Gasteiger partial charge on any atom is 0.341 e. The van der Waals surface area contributed by atoms with Crippen molar-refractivity contribution in [1.29, 1.82) is 0 Å². The summed E-state index contributed by atoms with van der Waals surface area (Å²) in [7, 11) is 0. The summed E-state index contributed by atoms with van der Waals surface area (Å²) in [6, 6.07) is 18.3. The van der Waals surface area contributed by atoms with Crippen molar-refractivity contribution >= 4 is 62.0 Å². The minimum atomic E-state index is -0.376. The first-order valence-electron chi connectivity index (χ1n) is 12.5. The zero-order valence-corrected chi connectivity index (χ0v) is 22.4. The molecule has 0 bridgehead atoms. The van der Waals surface area contributed by atoms with Crippen LogP contribution in [0.25, 0.3) is 22.1 Å². The Kier molecular flexibility index (Phi) is 6.82. The third-order valence-corrected chi connectivity index (χ3v) is 8.57. The highest BCUT2D eigenvalue weighted by atomic mass is 32.2. The van der Waals surface area contributed by atoms with Crippen LogP contribution in [0.15, 0.2) is 59.8 Å². The number of anilines is 1. The Bertz CT molecular complexity index is 1660. The number of hydrogen-bond donors (Lipinski definition) is 1. The zero-order chi connectivity index (χ0) is 26.1. The highest BCUT2D eigenvalue weighted by molar-refractivity contribution is 7.99. The smallest absolute Gasteiger partial charge is 0.341 e. The molecule has 5 aromatic rings. The van der Waals surface area contributed by atoms with Crippen LogP contribution in [0.3, 0.4) is 0 Å². The molecule has 0 unspecified atom stereocenters. The van der Waals surface area contributed by atoms with Gasteiger partial charge < -0.3 is 14.6 Å². The van der Waals surface area contributed by atoms with Gasteiger partial charge in [-0.2, -0.15) is 0 Å². The second kappa shape index (κ2) is 10.5. The molecule has 1 amide bonds. The van der Waals surface area contributed by atoms with Gasteiger partial charge in [0.2, 0.25) is 11.1 Å². The van der Waals surface area contributed by atoms with Gasteiger partial charge in [-0.15, -0.1) is 21.5 Å². The van der Waals surface area contributed by atoms with Crippen LogP contribution in [0.4, 0.5) is 5.00 Å². The van der Waals surface area contributed by atoms with Crippen molar-refractivity contribution in [2.45, 2.75) is 37.9 Å². The topological polar surface area (TPSA) is 99.0 Å². The predicted octanol–water partition coefficient (Wildman–Crippen LogP) is 5.49. The van der Waals surface area contributed by atoms with Crippen LogP contribution in [0.1, 0.15) is 39.7 Å². The summed E-state index contributed by atoms with van der Waals surface area (Å²) >= 11 is 2.69. The van der Waals surface area contributed by atoms with Crippen LogP contribution < -0.4 is 5.32 Å². The van der Waals surface area contributed by atoms with E-state index in [9.17, 15) is 9.59 Å². The second-order valence-corrected chi connectivity index (χ2v) is 11.0. The van der Waals surface area contributed by atoms with E-state index in [0.29, 0.717) is 28.9 Å². The van der Waals surface area contributed by atoms with E-state index in [0.717, 1.165) is 57.3 Å². The van der Waals surface area contributed by atoms with Crippen LogP contribution in [0, 0.1) is 0 Å². The van der Waals surface area contributed by atoms with Gasteiger partial charge in [-0.05, 0) is 43.4 Å². The molecule has 0 radical (unpaired) electrons. The van der Waals surface area contributed by atoms with E-state index in [1.165, 1.54) is 23.1 Å². The summed E-state index contributed by atoms with van der Waals surface area (Å²) in [6.45, 7) is 2.72. The number of carbonyl (C=O) groups is 2. The monoisotopic (exact) mass is 543 g/mol. The maximum atomic E-state index is 12.9. The Labute approximate surface area is 227 Å². The molecule has 0 saturated carbocycles. The minimum absolute atomic E-state index is 0.0942. The number of thioether (sulfide) groups is 1. The lowest BCUT2D eigenvalue weighted by Gasteiger charge is -2.08. The van der Waals surface area contributed by atoms with Crippen molar-refractivity contribution in [2.75, 3.05) is 17.7 Å². The third kappa shape index (κ3) is 4.65. The standard InChI is InChI=1S/C28H25N5O3S2/c1-2-36-27(35)23-19-12-8-14-21(19)38-26(23)29-22(34)16-37-28-30-25-24(31-32-28)18-11-6-7-13-20(18)33(25)15-17-9-4-3-5-10-17/h3-7,9-11,13H,2,8,12,14-16H2,1H3,(H,29,34). The average Bonchev–Trinajstić information content (AvgIpc) is 3.60. The van der Waals surface area contributed by atoms with Crippen molar-refractivity contribution in [1.82, 2.24) is 19.7 Å². The largest absolute Gasteiger partial charge is 0.462 e. The van der Waals surface area contributed by atoms with Crippen LogP contribution in [-0.4, -0.2) is 44.0 Å². The Balaban J connectivity index is 1.24. The average molecular weight is 544 g/mol. The number of carbonyl (C=O) groups excluding carboxylic acids is 2. The highest BCUT2D eigenvalue weighted by Crippen LogP contribution is 2.39. The fourth-order valence-electron chi connectivity index (χ4n) is 4.88. The molecule has 192 valence electrons. The van der Waals surface area contributed by atoms with Crippen LogP contribution >= 0.6 is 23.1 Å². The molecule has 6 rings (SSSR count). The molecule has 1 N–H and O–H groups in total. The van der Waals surface area contributed by atoms with Crippen LogP contribution in [0.5, 0.6) is 0 Å². The molecule has 0 atom stereocenters. The van der Waals surface area contributed by atoms with Gasteiger partial charge in [-0.3, -0.25) is 4.79 Å². The fourth-order valence-corrected chi connectivity index (χ4v) is 6.76. The number of aryl methyl sites for hydroxylation is 1. The summed E-state index contributed by atoms with van der Waals surface area (Å²) in [5, 5.41) is 13.7. The number of esters is 1. The van der Waals surface area contributed by atoms with E-state index in [4.69, 9.17) is 9.72 Å². The molecule has 2 aromatic carbocycles. The number of fused-ring (bicyclic) bond motifs is 4. The Morgan fingerprint density at radius 3 is 2.74 bits per heavy atom. The molecule has 3 aromatic heterocycles. The van der Waals surface area contributed by atoms with Crippen molar-refractivity contribution in [2.24, 2.45) is 0 Å². The second-order valence-electron chi connectivity index (χ2n) is 8.97. The molecule has 1 aliphatic carbocycles. The molecule has 0 fully saturated rings. The van der Waals surface area contributed by atoms with Crippen LogP contribution in [-0.2, 0) is 28.9 Å². The van der Waals surface area contributed by atoms with Crippen molar-refractivity contribution < 1.29 is 14.3 Å². The zero-order valence-electron chi connectivity index (χ0n) is 20.8. The molecule has 3 heterocycles. The lowest BCUT2D eigenvalue weighted by atomic mass is 10.1. The SMILES string of the molecule is CCOC(=O)c1c(NC(=O)CSc2nnc3c4ccccc4n(Cc4ccccc4)c3n2)sc2c1CCC2. The summed E-state index contributed by atoms with van der Waals surface area (Å²) in [4.78, 5) is 31.5. The maximum absolute atomic E-state index is 12.9. The number of nitrogens with one attached hydrogen (secondary N) is 1. The number of ether oxygens (including phenoxy) is 1. The number of aromatic nitrogens is 4. The third-order valence-electron chi connectivity index (χ3n) is 6.52. The van der Waals surface area contributed by atoms with E-state index in [2.05, 4.69) is 38.3 Å². The summed E-state index contributed by atoms with van der Waals surface area (Å²) in [6.07, 6.45) is 2.78. The van der Waals surface area contributed by atoms with Crippen LogP contribution in [0.2, 0.25) is 0 Å². The molecular weight excluding hydrogens is 518 g/mol. The first kappa shape index (κ1) is 24.6. The number of benzene rings is 2. The fraction of sp³-hybridized carbons (Fsp3) is 0.250. The molecule has 1 aliphatic rings. The molecule has 8 nitrogen and oxygen atoms in total. The highest BCUT2D eigenvalue weighted by Gasteiger charge is 2.28. The molecule has 0 spiro atoms. The number of thiophene rings is 1. The van der Waals surface area contributed by atoms with Gasteiger partial charge in [0.25, 0.3) is 0 Å². The summed E-state index contributed by atoms with van der Waals surface area (Å²) < 4.78 is 7.40. The molecular formula is C28H25N5O3S2. The van der Waals surface area contributed by atoms with E-state index in [1.807, 2.05) is 36.4 Å². The number of para-hydroxylation sites is 1. The summed E-state index contributed by atoms with van der Waals surface area (Å²) in [5.74, 6) is -0.509. The number of nitrogens with zero attached hydrogens (tertiary/aromatic N) is 4. The lowest BCUT2D eigenvalue weighted by Crippen LogP contribution is -2.17. The van der Waals surface area contributed by atoms with Crippen molar-refractivity contribution in [3.63, 3.8) is 0 Å². The van der Waals surface area contributed by atoms with E-state index < -0.39 is 0 Å². The molecule has 0 saturated heterocycles. The number of hydrogen-bond acceptors (Lipinski definition) is 8. The Morgan fingerprint density at radius 2 is 1.89 bits per heavy atom. The van der Waals surface area contributed by atoms with Gasteiger partial charge in [-0.1, -0.05) is 60.3 Å². The minimum Gasteiger partial charge on any atom is -0.462 e. The van der Waals surface area contributed by atoms with Gasteiger partial charge in [0.05, 0.1) is 23.4 Å². The van der Waals surface area contributed by atoms with E-state index >= 15 is 0 Å². The number of amides is 1. The van der Waals surface area contributed by atoms with Crippen molar-refractivity contribution in [3.8, 4) is 0 Å². The van der Waals surface area contributed by atoms with Crippen molar-refractivity contribution in [3.05, 3.63) is 76.2 Å². The molecule has 38 heavy (non-hydrogen) atoms. The van der Waals surface area contributed by atoms with E-state index in [1.54, 1.807) is 6.92 Å². The van der Waals surface area contributed by atoms with Gasteiger partial charge in [0, 0.05) is 16.8 Å². The number of rotatable bonds is 8. The van der Waals surface area contributed by atoms with Gasteiger partial charge in [0.1, 0.15) is 10.5 Å². The lowest BCUT2D eigenvalue weighted by molar-refractivity contribution is -0.113. The quantitative estimate of drug-likeness (QED) is 0.204. The Morgan fingerprint density at radius 1 is 1.08 bits per heavy atom. The normalized spacial score (nSPS) is 12.7. The van der Waals surface area contributed by atoms with E-state index in [-0.39, 0.29) is 17.6 Å². The summed E-state index contributed by atoms with van der Waals surface area (Å²) in [5.41, 5.74) is 5.17. The molecule has 10 heteroatoms. The Hall–Kier alpha value is -3.76. The predicted molar refractivity (Wildman–Crippen MR) is 150 cm³/mol. The van der Waals surface area contributed by atoms with Gasteiger partial charge in [0.15, 0.2) is 5.65 Å².